The number of hydrogen-bond acceptors (Lipinski definition) is 10. The molecule has 0 bridgehead atoms. The number of rotatable bonds is 15. The number of aromatic nitrogens is 1. The minimum absolute atomic E-state index is 0.0802. The van der Waals surface area contributed by atoms with Gasteiger partial charge in [0, 0.05) is 23.1 Å². The Morgan fingerprint density at radius 3 is 1.93 bits per heavy atom. The van der Waals surface area contributed by atoms with Crippen LogP contribution in [0, 0.1) is 5.41 Å². The van der Waals surface area contributed by atoms with E-state index in [1.807, 2.05) is 48.5 Å². The molecule has 5 aromatic rings. The van der Waals surface area contributed by atoms with Crippen LogP contribution in [0.3, 0.4) is 0 Å². The molecule has 15 heteroatoms. The lowest BCUT2D eigenvalue weighted by Crippen LogP contribution is -2.57. The van der Waals surface area contributed by atoms with Crippen molar-refractivity contribution in [2.75, 3.05) is 7.11 Å². The van der Waals surface area contributed by atoms with Crippen molar-refractivity contribution in [3.63, 3.8) is 0 Å². The van der Waals surface area contributed by atoms with E-state index in [2.05, 4.69) is 20.7 Å². The Morgan fingerprint density at radius 2 is 1.34 bits per heavy atom. The summed E-state index contributed by atoms with van der Waals surface area (Å²) in [5.41, 5.74) is 0.776. The van der Waals surface area contributed by atoms with Crippen LogP contribution in [0.25, 0.3) is 22.2 Å². The average Bonchev–Trinajstić information content (AvgIpc) is 3.21. The summed E-state index contributed by atoms with van der Waals surface area (Å²) in [7, 11) is -2.69. The van der Waals surface area contributed by atoms with Gasteiger partial charge in [0.2, 0.25) is 11.8 Å². The van der Waals surface area contributed by atoms with Crippen LogP contribution in [0.1, 0.15) is 72.9 Å². The lowest BCUT2D eigenvalue weighted by molar-refractivity contribution is -0.133. The zero-order valence-electron chi connectivity index (χ0n) is 35.6. The monoisotopic (exact) mass is 851 g/mol. The normalized spacial score (nSPS) is 13.2. The van der Waals surface area contributed by atoms with Crippen molar-refractivity contribution in [2.24, 2.45) is 5.41 Å². The molecule has 0 aliphatic heterocycles. The molecule has 1 heterocycles. The third-order valence-electron chi connectivity index (χ3n) is 9.33. The summed E-state index contributed by atoms with van der Waals surface area (Å²) in [6.07, 6.45) is -0.347. The molecule has 3 atom stereocenters. The summed E-state index contributed by atoms with van der Waals surface area (Å²) in [6.45, 7) is 12.1. The van der Waals surface area contributed by atoms with Gasteiger partial charge in [0.25, 0.3) is 15.9 Å². The molecule has 0 fully saturated rings. The average molecular weight is 852 g/mol. The van der Waals surface area contributed by atoms with Crippen LogP contribution in [0.4, 0.5) is 4.79 Å². The smallest absolute Gasteiger partial charge is 0.408 e. The van der Waals surface area contributed by atoms with Gasteiger partial charge in [-0.2, -0.15) is 0 Å². The number of pyridine rings is 1. The quantitative estimate of drug-likeness (QED) is 0.0816. The van der Waals surface area contributed by atoms with Gasteiger partial charge in [-0.3, -0.25) is 14.4 Å². The van der Waals surface area contributed by atoms with Crippen LogP contribution in [0.15, 0.2) is 114 Å². The fraction of sp³-hybridized carbons (Fsp3) is 0.326. The number of sulfonamides is 1. The van der Waals surface area contributed by atoms with Gasteiger partial charge in [-0.15, -0.1) is 0 Å². The summed E-state index contributed by atoms with van der Waals surface area (Å²) in [5, 5.41) is 8.78. The first-order chi connectivity index (χ1) is 28.8. The Kier molecular flexibility index (Phi) is 14.4. The zero-order chi connectivity index (χ0) is 44.5. The Hall–Kier alpha value is -6.48. The SMILES string of the molecule is CCC[C@H](NC(=O)[C@@H](NC(=O)[C@@H](NC(=O)OC(C)(C)C)C(C)(C)C)c1ccc(Oc2cc(-c3ccccc3)nc3cc(OC)ccc23)cc1)C(=O)NS(=O)(=O)c1ccccc1. The summed E-state index contributed by atoms with van der Waals surface area (Å²) < 4.78 is 45.5. The van der Waals surface area contributed by atoms with Crippen LogP contribution in [0.2, 0.25) is 0 Å². The van der Waals surface area contributed by atoms with Crippen LogP contribution in [-0.4, -0.2) is 62.0 Å². The highest BCUT2D eigenvalue weighted by molar-refractivity contribution is 7.90. The molecule has 0 unspecified atom stereocenters. The largest absolute Gasteiger partial charge is 0.497 e. The molecule has 0 radical (unpaired) electrons. The molecule has 0 saturated heterocycles. The first-order valence-corrected chi connectivity index (χ1v) is 21.3. The van der Waals surface area contributed by atoms with Crippen LogP contribution in [-0.2, 0) is 29.1 Å². The van der Waals surface area contributed by atoms with E-state index in [9.17, 15) is 27.6 Å². The van der Waals surface area contributed by atoms with E-state index in [1.54, 1.807) is 92.0 Å². The molecule has 0 spiro atoms. The second-order valence-corrected chi connectivity index (χ2v) is 18.1. The highest BCUT2D eigenvalue weighted by Crippen LogP contribution is 2.35. The van der Waals surface area contributed by atoms with Crippen LogP contribution >= 0.6 is 0 Å². The lowest BCUT2D eigenvalue weighted by Gasteiger charge is -2.33. The maximum atomic E-state index is 14.3. The van der Waals surface area contributed by atoms with Crippen molar-refractivity contribution >= 4 is 44.7 Å². The predicted molar refractivity (Wildman–Crippen MR) is 232 cm³/mol. The van der Waals surface area contributed by atoms with E-state index >= 15 is 0 Å². The number of ether oxygens (including phenoxy) is 3. The van der Waals surface area contributed by atoms with Gasteiger partial charge in [0.1, 0.15) is 41.0 Å². The Morgan fingerprint density at radius 1 is 0.721 bits per heavy atom. The minimum atomic E-state index is -4.27. The molecule has 61 heavy (non-hydrogen) atoms. The highest BCUT2D eigenvalue weighted by Gasteiger charge is 2.37. The van der Waals surface area contributed by atoms with Crippen LogP contribution < -0.4 is 30.1 Å². The molecule has 4 N–H and O–H groups in total. The van der Waals surface area contributed by atoms with Gasteiger partial charge in [0.05, 0.1) is 23.2 Å². The number of methoxy groups -OCH3 is 1. The first kappa shape index (κ1) is 45.6. The molecule has 5 rings (SSSR count). The van der Waals surface area contributed by atoms with E-state index in [-0.39, 0.29) is 11.3 Å². The Bertz CT molecular complexity index is 2450. The summed E-state index contributed by atoms with van der Waals surface area (Å²) in [4.78, 5) is 59.6. The number of alkyl carbamates (subject to hydrolysis) is 1. The molecule has 0 aliphatic carbocycles. The fourth-order valence-corrected chi connectivity index (χ4v) is 7.34. The third-order valence-corrected chi connectivity index (χ3v) is 10.7. The number of carbonyl (C=O) groups is 4. The molecule has 0 saturated carbocycles. The van der Waals surface area contributed by atoms with Crippen molar-refractivity contribution in [1.29, 1.82) is 0 Å². The Balaban J connectivity index is 1.48. The van der Waals surface area contributed by atoms with Gasteiger partial charge >= 0.3 is 6.09 Å². The van der Waals surface area contributed by atoms with Gasteiger partial charge in [-0.25, -0.2) is 22.9 Å². The summed E-state index contributed by atoms with van der Waals surface area (Å²) in [5.74, 6) is -0.956. The number of benzene rings is 4. The van der Waals surface area contributed by atoms with Crippen molar-refractivity contribution in [1.82, 2.24) is 25.7 Å². The first-order valence-electron chi connectivity index (χ1n) is 19.8. The fourth-order valence-electron chi connectivity index (χ4n) is 6.30. The summed E-state index contributed by atoms with van der Waals surface area (Å²) in [6, 6.07) is 26.8. The summed E-state index contributed by atoms with van der Waals surface area (Å²) >= 11 is 0. The zero-order valence-corrected chi connectivity index (χ0v) is 36.4. The molecule has 4 aromatic carbocycles. The number of hydrogen-bond donors (Lipinski definition) is 4. The van der Waals surface area contributed by atoms with Crippen LogP contribution in [0.5, 0.6) is 17.2 Å². The standard InChI is InChI=1S/C46H53N5O9S/c1-9-16-35(41(52)51-61(56,57)33-19-14-11-15-20-33)48-42(53)39(49-43(54)40(45(2,3)4)50-44(55)60-46(5,6)7)30-21-23-31(24-22-30)59-38-28-36(29-17-12-10-13-18-29)47-37-27-32(58-8)25-26-34(37)38/h10-15,17-28,35,39-40H,9,16H2,1-8H3,(H,48,53)(H,49,54)(H,50,55)(H,51,52)/t35-,39-,40+/m0/s1. The lowest BCUT2D eigenvalue weighted by atomic mass is 9.86. The number of nitrogens with zero attached hydrogens (tertiary/aromatic N) is 1. The van der Waals surface area contributed by atoms with Gasteiger partial charge in [0.15, 0.2) is 0 Å². The van der Waals surface area contributed by atoms with Crippen molar-refractivity contribution in [3.05, 3.63) is 115 Å². The number of nitrogens with one attached hydrogen (secondary N) is 4. The van der Waals surface area contributed by atoms with Crippen molar-refractivity contribution in [2.45, 2.75) is 89.9 Å². The van der Waals surface area contributed by atoms with E-state index in [0.29, 0.717) is 45.8 Å². The second-order valence-electron chi connectivity index (χ2n) is 16.4. The maximum Gasteiger partial charge on any atom is 0.408 e. The third kappa shape index (κ3) is 12.3. The second kappa shape index (κ2) is 19.3. The molecule has 322 valence electrons. The molecule has 1 aromatic heterocycles. The highest BCUT2D eigenvalue weighted by atomic mass is 32.2. The number of carbonyl (C=O) groups excluding carboxylic acids is 4. The maximum absolute atomic E-state index is 14.3. The topological polar surface area (TPSA) is 191 Å². The predicted octanol–water partition coefficient (Wildman–Crippen LogP) is 7.59. The van der Waals surface area contributed by atoms with Gasteiger partial charge in [-0.1, -0.05) is 94.8 Å². The van der Waals surface area contributed by atoms with E-state index in [0.717, 1.165) is 5.56 Å². The number of fused-ring (bicyclic) bond motifs is 1. The molecule has 0 aliphatic rings. The minimum Gasteiger partial charge on any atom is -0.497 e. The van der Waals surface area contributed by atoms with E-state index in [1.165, 1.54) is 24.3 Å². The Labute approximate surface area is 356 Å². The molecule has 4 amide bonds. The van der Waals surface area contributed by atoms with Gasteiger partial charge in [-0.05, 0) is 74.6 Å². The number of amides is 4. The van der Waals surface area contributed by atoms with E-state index < -0.39 is 63.0 Å². The molecule has 14 nitrogen and oxygen atoms in total. The van der Waals surface area contributed by atoms with Gasteiger partial charge < -0.3 is 30.2 Å². The van der Waals surface area contributed by atoms with E-state index in [4.69, 9.17) is 19.2 Å². The van der Waals surface area contributed by atoms with Crippen molar-refractivity contribution in [3.8, 4) is 28.5 Å². The molecular formula is C46H53N5O9S. The molecular weight excluding hydrogens is 799 g/mol. The van der Waals surface area contributed by atoms with Crippen molar-refractivity contribution < 1.29 is 41.8 Å².